The quantitative estimate of drug-likeness (QED) is 0.632. The van der Waals surface area contributed by atoms with Gasteiger partial charge < -0.3 is 20.1 Å². The number of aromatic carboxylic acids is 1. The summed E-state index contributed by atoms with van der Waals surface area (Å²) in [4.78, 5) is 21.2. The monoisotopic (exact) mass is 286 g/mol. The number of carboxylic acid groups (broad SMARTS) is 1. The Morgan fingerprint density at radius 1 is 1.33 bits per heavy atom. The number of furan rings is 1. The SMILES string of the molecule is Cc1cc(C(=O)[O-])ccc1-c1ccc(/C=N\NC(N)=O)o1. The largest absolute Gasteiger partial charge is 0.545 e. The lowest BCUT2D eigenvalue weighted by Crippen LogP contribution is -2.24. The lowest BCUT2D eigenvalue weighted by molar-refractivity contribution is -0.255. The molecule has 0 aliphatic rings. The second-order valence-electron chi connectivity index (χ2n) is 4.25. The zero-order chi connectivity index (χ0) is 15.4. The van der Waals surface area contributed by atoms with E-state index in [2.05, 4.69) is 10.5 Å². The highest BCUT2D eigenvalue weighted by Gasteiger charge is 2.08. The van der Waals surface area contributed by atoms with Gasteiger partial charge in [0.05, 0.1) is 12.2 Å². The number of nitrogens with one attached hydrogen (secondary N) is 1. The van der Waals surface area contributed by atoms with Gasteiger partial charge >= 0.3 is 6.03 Å². The molecule has 0 fully saturated rings. The number of benzene rings is 1. The highest BCUT2D eigenvalue weighted by molar-refractivity contribution is 5.87. The van der Waals surface area contributed by atoms with Crippen LogP contribution in [0.25, 0.3) is 11.3 Å². The minimum Gasteiger partial charge on any atom is -0.545 e. The van der Waals surface area contributed by atoms with Crippen LogP contribution in [0.1, 0.15) is 21.7 Å². The second-order valence-corrected chi connectivity index (χ2v) is 4.25. The van der Waals surface area contributed by atoms with Crippen LogP contribution in [-0.4, -0.2) is 18.2 Å². The van der Waals surface area contributed by atoms with E-state index < -0.39 is 12.0 Å². The van der Waals surface area contributed by atoms with Gasteiger partial charge in [-0.05, 0) is 36.2 Å². The number of hydrazone groups is 1. The number of carbonyl (C=O) groups excluding carboxylic acids is 2. The smallest absolute Gasteiger partial charge is 0.332 e. The number of nitrogens with zero attached hydrogens (tertiary/aromatic N) is 1. The molecular formula is C14H12N3O4-. The molecule has 2 aromatic rings. The van der Waals surface area contributed by atoms with Gasteiger partial charge in [-0.1, -0.05) is 12.1 Å². The molecule has 0 aliphatic heterocycles. The van der Waals surface area contributed by atoms with Crippen molar-refractivity contribution < 1.29 is 19.1 Å². The predicted octanol–water partition coefficient (Wildman–Crippen LogP) is 0.621. The molecule has 3 N–H and O–H groups in total. The van der Waals surface area contributed by atoms with E-state index in [1.165, 1.54) is 18.3 Å². The Hall–Kier alpha value is -3.09. The number of aryl methyl sites for hydroxylation is 1. The number of amides is 2. The summed E-state index contributed by atoms with van der Waals surface area (Å²) in [7, 11) is 0. The van der Waals surface area contributed by atoms with E-state index in [0.717, 1.165) is 11.1 Å². The van der Waals surface area contributed by atoms with Crippen LogP contribution in [0.15, 0.2) is 39.9 Å². The first-order valence-corrected chi connectivity index (χ1v) is 5.98. The third-order valence-corrected chi connectivity index (χ3v) is 2.72. The van der Waals surface area contributed by atoms with E-state index in [-0.39, 0.29) is 5.56 Å². The summed E-state index contributed by atoms with van der Waals surface area (Å²) in [6.07, 6.45) is 1.30. The second kappa shape index (κ2) is 5.91. The molecular weight excluding hydrogens is 274 g/mol. The molecule has 21 heavy (non-hydrogen) atoms. The molecule has 0 spiro atoms. The molecule has 108 valence electrons. The summed E-state index contributed by atoms with van der Waals surface area (Å²) in [5, 5.41) is 14.4. The average Bonchev–Trinajstić information content (AvgIpc) is 2.86. The maximum atomic E-state index is 10.8. The number of nitrogens with two attached hydrogens (primary N) is 1. The van der Waals surface area contributed by atoms with E-state index in [1.54, 1.807) is 25.1 Å². The van der Waals surface area contributed by atoms with Crippen LogP contribution in [-0.2, 0) is 0 Å². The van der Waals surface area contributed by atoms with Crippen LogP contribution in [0, 0.1) is 6.92 Å². The molecule has 0 saturated heterocycles. The van der Waals surface area contributed by atoms with Gasteiger partial charge in [0, 0.05) is 5.56 Å². The summed E-state index contributed by atoms with van der Waals surface area (Å²) in [6, 6.07) is 7.20. The van der Waals surface area contributed by atoms with Crippen molar-refractivity contribution >= 4 is 18.2 Å². The Morgan fingerprint density at radius 3 is 2.71 bits per heavy atom. The Morgan fingerprint density at radius 2 is 2.10 bits per heavy atom. The van der Waals surface area contributed by atoms with Gasteiger partial charge in [-0.2, -0.15) is 5.10 Å². The normalized spacial score (nSPS) is 10.7. The van der Waals surface area contributed by atoms with Gasteiger partial charge in [0.1, 0.15) is 11.5 Å². The zero-order valence-corrected chi connectivity index (χ0v) is 11.1. The van der Waals surface area contributed by atoms with E-state index in [0.29, 0.717) is 11.5 Å². The Balaban J connectivity index is 2.23. The van der Waals surface area contributed by atoms with Crippen molar-refractivity contribution in [1.29, 1.82) is 0 Å². The summed E-state index contributed by atoms with van der Waals surface area (Å²) in [5.74, 6) is -0.255. The minimum absolute atomic E-state index is 0.107. The fourth-order valence-electron chi connectivity index (χ4n) is 1.79. The molecule has 0 atom stereocenters. The molecule has 1 aromatic carbocycles. The van der Waals surface area contributed by atoms with Crippen molar-refractivity contribution in [2.24, 2.45) is 10.8 Å². The lowest BCUT2D eigenvalue weighted by atomic mass is 10.0. The van der Waals surface area contributed by atoms with Crippen molar-refractivity contribution in [3.63, 3.8) is 0 Å². The summed E-state index contributed by atoms with van der Waals surface area (Å²) in [6.45, 7) is 1.77. The molecule has 0 saturated carbocycles. The molecule has 0 bridgehead atoms. The highest BCUT2D eigenvalue weighted by Crippen LogP contribution is 2.25. The highest BCUT2D eigenvalue weighted by atomic mass is 16.4. The first kappa shape index (κ1) is 14.3. The lowest BCUT2D eigenvalue weighted by Gasteiger charge is -2.07. The van der Waals surface area contributed by atoms with Crippen LogP contribution in [0.5, 0.6) is 0 Å². The average molecular weight is 286 g/mol. The van der Waals surface area contributed by atoms with Gasteiger partial charge in [0.2, 0.25) is 0 Å². The zero-order valence-electron chi connectivity index (χ0n) is 11.1. The van der Waals surface area contributed by atoms with Crippen LogP contribution >= 0.6 is 0 Å². The Labute approximate surface area is 120 Å². The summed E-state index contributed by atoms with van der Waals surface area (Å²) in [5.41, 5.74) is 8.51. The van der Waals surface area contributed by atoms with Crippen molar-refractivity contribution in [3.8, 4) is 11.3 Å². The number of rotatable bonds is 4. The van der Waals surface area contributed by atoms with Crippen molar-refractivity contribution in [2.75, 3.05) is 0 Å². The summed E-state index contributed by atoms with van der Waals surface area (Å²) >= 11 is 0. The molecule has 2 amide bonds. The van der Waals surface area contributed by atoms with Crippen molar-refractivity contribution in [1.82, 2.24) is 5.43 Å². The molecule has 7 nitrogen and oxygen atoms in total. The third kappa shape index (κ3) is 3.47. The maximum absolute atomic E-state index is 10.8. The topological polar surface area (TPSA) is 121 Å². The molecule has 0 aliphatic carbocycles. The number of carboxylic acids is 1. The Kier molecular flexibility index (Phi) is 4.03. The number of hydrogen-bond acceptors (Lipinski definition) is 5. The first-order valence-electron chi connectivity index (χ1n) is 5.98. The van der Waals surface area contributed by atoms with Gasteiger partial charge in [-0.15, -0.1) is 0 Å². The predicted molar refractivity (Wildman–Crippen MR) is 73.5 cm³/mol. The summed E-state index contributed by atoms with van der Waals surface area (Å²) < 4.78 is 5.53. The molecule has 0 unspecified atom stereocenters. The number of urea groups is 1. The number of primary amides is 1. The molecule has 7 heteroatoms. The van der Waals surface area contributed by atoms with E-state index in [1.807, 2.05) is 0 Å². The number of carbonyl (C=O) groups is 2. The first-order chi connectivity index (χ1) is 9.97. The molecule has 0 radical (unpaired) electrons. The van der Waals surface area contributed by atoms with Gasteiger partial charge in [0.15, 0.2) is 0 Å². The van der Waals surface area contributed by atoms with Crippen LogP contribution in [0.3, 0.4) is 0 Å². The van der Waals surface area contributed by atoms with Gasteiger partial charge in [-0.25, -0.2) is 10.2 Å². The fraction of sp³-hybridized carbons (Fsp3) is 0.0714. The van der Waals surface area contributed by atoms with Crippen LogP contribution in [0.4, 0.5) is 4.79 Å². The maximum Gasteiger partial charge on any atom is 0.332 e. The standard InChI is InChI=1S/C14H13N3O4/c1-8-6-9(13(18)19)2-4-11(8)12-5-3-10(21-12)7-16-17-14(15)20/h2-7H,1H3,(H,18,19)(H3,15,17,20)/p-1/b16-7-. The third-order valence-electron chi connectivity index (χ3n) is 2.72. The minimum atomic E-state index is -1.23. The molecule has 1 heterocycles. The van der Waals surface area contributed by atoms with Gasteiger partial charge in [0.25, 0.3) is 0 Å². The van der Waals surface area contributed by atoms with E-state index in [9.17, 15) is 14.7 Å². The van der Waals surface area contributed by atoms with Crippen LogP contribution in [0.2, 0.25) is 0 Å². The molecule has 2 rings (SSSR count). The fourth-order valence-corrected chi connectivity index (χ4v) is 1.79. The van der Waals surface area contributed by atoms with Crippen LogP contribution < -0.4 is 16.3 Å². The van der Waals surface area contributed by atoms with Crippen molar-refractivity contribution in [3.05, 3.63) is 47.2 Å². The van der Waals surface area contributed by atoms with E-state index in [4.69, 9.17) is 10.2 Å². The Bertz CT molecular complexity index is 719. The molecule has 1 aromatic heterocycles. The number of hydrogen-bond donors (Lipinski definition) is 2. The van der Waals surface area contributed by atoms with E-state index >= 15 is 0 Å². The van der Waals surface area contributed by atoms with Crippen molar-refractivity contribution in [2.45, 2.75) is 6.92 Å². The van der Waals surface area contributed by atoms with Gasteiger partial charge in [-0.3, -0.25) is 0 Å².